The van der Waals surface area contributed by atoms with Gasteiger partial charge in [-0.25, -0.2) is 0 Å². The molecule has 6 heteroatoms. The first kappa shape index (κ1) is 41.5. The van der Waals surface area contributed by atoms with Crippen LogP contribution in [-0.4, -0.2) is 23.9 Å². The molecule has 0 saturated heterocycles. The number of aliphatic hydroxyl groups excluding tert-OH is 1. The first-order valence-electron chi connectivity index (χ1n) is 18.1. The third-order valence-corrected chi connectivity index (χ3v) is 13.3. The molecule has 1 N–H and O–H groups in total. The van der Waals surface area contributed by atoms with Gasteiger partial charge in [-0.1, -0.05) is 119 Å². The second-order valence-corrected chi connectivity index (χ2v) is 20.9. The predicted octanol–water partition coefficient (Wildman–Crippen LogP) is 12.7. The number of fused-ring (bicyclic) bond motifs is 2. The summed E-state index contributed by atoms with van der Waals surface area (Å²) in [5.41, 5.74) is 7.39. The summed E-state index contributed by atoms with van der Waals surface area (Å²) in [5.74, 6) is 0.981. The Morgan fingerprint density at radius 2 is 1.50 bits per heavy atom. The molecule has 0 fully saturated rings. The Labute approximate surface area is 320 Å². The minimum absolute atomic E-state index is 0. The average molecular weight is 883 g/mol. The fourth-order valence-electron chi connectivity index (χ4n) is 6.55. The van der Waals surface area contributed by atoms with E-state index in [1.165, 1.54) is 59.3 Å². The summed E-state index contributed by atoms with van der Waals surface area (Å²) in [7, 11) is -1.31. The Bertz CT molecular complexity index is 1930. The van der Waals surface area contributed by atoms with Gasteiger partial charge in [0, 0.05) is 59.5 Å². The second kappa shape index (κ2) is 18.0. The van der Waals surface area contributed by atoms with Crippen LogP contribution in [0.2, 0.25) is 19.6 Å². The molecule has 0 unspecified atom stereocenters. The molecular formula is C44H56IrNO2SSi-. The van der Waals surface area contributed by atoms with E-state index in [9.17, 15) is 9.90 Å². The molecule has 50 heavy (non-hydrogen) atoms. The summed E-state index contributed by atoms with van der Waals surface area (Å²) in [6, 6.07) is 24.1. The van der Waals surface area contributed by atoms with Gasteiger partial charge in [0.25, 0.3) is 0 Å². The molecule has 269 valence electrons. The second-order valence-electron chi connectivity index (χ2n) is 14.8. The topological polar surface area (TPSA) is 50.2 Å². The SMILES string of the molecule is CCC(CC)C(=O)/C=C(\O)C(CC)CC.Cc1ccc2c(C(C)C)cc(-c3nccc4c(C)c(-c5ccc([Si](C)(C)C)cc5)sc34)[c-]c2c1.[Ir]. The standard InChI is InChI=1S/C31H32NSSi.C13H24O2.Ir/c1-19(2)28-18-24(17-23-16-20(3)8-13-27(23)28)29-31-26(14-15-32-29)21(4)30(33-31)22-9-11-25(12-10-22)34(5,6)7;1-5-10(6-2)12(14)9-13(15)11(7-3)8-4;/h8-16,18-19H,1-7H3;9-11,14H,5-8H2,1-4H3;/q-1;;/b;12-9-;. The van der Waals surface area contributed by atoms with Crippen molar-refractivity contribution in [3.63, 3.8) is 0 Å². The van der Waals surface area contributed by atoms with Crippen molar-refractivity contribution in [2.24, 2.45) is 11.8 Å². The van der Waals surface area contributed by atoms with Gasteiger partial charge in [-0.15, -0.1) is 40.5 Å². The number of benzene rings is 3. The number of allylic oxidation sites excluding steroid dienone is 2. The van der Waals surface area contributed by atoms with Crippen LogP contribution in [0.3, 0.4) is 0 Å². The van der Waals surface area contributed by atoms with E-state index in [1.807, 2.05) is 45.2 Å². The molecule has 3 aromatic carbocycles. The summed E-state index contributed by atoms with van der Waals surface area (Å²) < 4.78 is 1.25. The molecular weight excluding hydrogens is 827 g/mol. The van der Waals surface area contributed by atoms with Crippen molar-refractivity contribution in [3.05, 3.63) is 95.4 Å². The van der Waals surface area contributed by atoms with Gasteiger partial charge in [0.2, 0.25) is 0 Å². The monoisotopic (exact) mass is 883 g/mol. The first-order valence-corrected chi connectivity index (χ1v) is 22.5. The van der Waals surface area contributed by atoms with Crippen LogP contribution in [0.1, 0.15) is 89.8 Å². The van der Waals surface area contributed by atoms with Crippen LogP contribution in [0.15, 0.2) is 72.6 Å². The first-order chi connectivity index (χ1) is 23.2. The van der Waals surface area contributed by atoms with Crippen molar-refractivity contribution in [3.8, 4) is 21.7 Å². The number of rotatable bonds is 11. The van der Waals surface area contributed by atoms with E-state index < -0.39 is 8.07 Å². The van der Waals surface area contributed by atoms with Crippen LogP contribution >= 0.6 is 11.3 Å². The fourth-order valence-corrected chi connectivity index (χ4v) is 9.03. The van der Waals surface area contributed by atoms with Crippen LogP contribution in [0.25, 0.3) is 42.6 Å². The van der Waals surface area contributed by atoms with Crippen LogP contribution in [0.4, 0.5) is 0 Å². The number of pyridine rings is 1. The number of hydrogen-bond acceptors (Lipinski definition) is 4. The largest absolute Gasteiger partial charge is 0.512 e. The van der Waals surface area contributed by atoms with E-state index >= 15 is 0 Å². The maximum absolute atomic E-state index is 11.7. The maximum atomic E-state index is 11.7. The zero-order valence-corrected chi connectivity index (χ0v) is 36.2. The van der Waals surface area contributed by atoms with Crippen LogP contribution in [-0.2, 0) is 24.9 Å². The van der Waals surface area contributed by atoms with Crippen molar-refractivity contribution >= 4 is 51.2 Å². The molecule has 0 aliphatic rings. The van der Waals surface area contributed by atoms with Crippen LogP contribution in [0.5, 0.6) is 0 Å². The number of carbonyl (C=O) groups excluding carboxylic acids is 1. The molecule has 5 aromatic rings. The maximum Gasteiger partial charge on any atom is 0.162 e. The Morgan fingerprint density at radius 3 is 2.06 bits per heavy atom. The Hall–Kier alpha value is -2.89. The van der Waals surface area contributed by atoms with Crippen molar-refractivity contribution in [1.29, 1.82) is 0 Å². The molecule has 2 heterocycles. The molecule has 3 nitrogen and oxygen atoms in total. The minimum Gasteiger partial charge on any atom is -0.512 e. The van der Waals surface area contributed by atoms with Gasteiger partial charge in [-0.2, -0.15) is 0 Å². The van der Waals surface area contributed by atoms with Crippen molar-refractivity contribution in [1.82, 2.24) is 4.98 Å². The number of hydrogen-bond donors (Lipinski definition) is 1. The molecule has 0 saturated carbocycles. The average Bonchev–Trinajstić information content (AvgIpc) is 3.41. The number of thiophene rings is 1. The van der Waals surface area contributed by atoms with Crippen molar-refractivity contribution in [2.75, 3.05) is 0 Å². The van der Waals surface area contributed by atoms with Gasteiger partial charge in [-0.3, -0.25) is 9.78 Å². The quantitative estimate of drug-likeness (QED) is 0.0622. The summed E-state index contributed by atoms with van der Waals surface area (Å²) in [5, 5.41) is 15.0. The number of ketones is 1. The zero-order valence-electron chi connectivity index (χ0n) is 32.0. The van der Waals surface area contributed by atoms with Gasteiger partial charge in [0.15, 0.2) is 5.78 Å². The van der Waals surface area contributed by atoms with E-state index in [-0.39, 0.29) is 43.5 Å². The molecule has 1 radical (unpaired) electrons. The molecule has 0 atom stereocenters. The third-order valence-electron chi connectivity index (χ3n) is 9.88. The van der Waals surface area contributed by atoms with Gasteiger partial charge < -0.3 is 5.11 Å². The van der Waals surface area contributed by atoms with Gasteiger partial charge in [0.1, 0.15) is 0 Å². The van der Waals surface area contributed by atoms with Crippen LogP contribution in [0, 0.1) is 31.7 Å². The van der Waals surface area contributed by atoms with Gasteiger partial charge >= 0.3 is 0 Å². The molecule has 0 aliphatic heterocycles. The van der Waals surface area contributed by atoms with Gasteiger partial charge in [-0.05, 0) is 68.0 Å². The number of carbonyl (C=O) groups is 1. The zero-order chi connectivity index (χ0) is 36.0. The Morgan fingerprint density at radius 1 is 0.880 bits per heavy atom. The number of nitrogens with zero attached hydrogens (tertiary/aromatic N) is 1. The van der Waals surface area contributed by atoms with E-state index in [2.05, 4.69) is 108 Å². The van der Waals surface area contributed by atoms with Crippen LogP contribution < -0.4 is 5.19 Å². The summed E-state index contributed by atoms with van der Waals surface area (Å²) >= 11 is 1.86. The molecule has 5 rings (SSSR count). The Kier molecular flexibility index (Phi) is 15.0. The normalized spacial score (nSPS) is 12.1. The summed E-state index contributed by atoms with van der Waals surface area (Å²) in [6.45, 7) is 24.2. The number of aromatic nitrogens is 1. The molecule has 2 aromatic heterocycles. The molecule has 0 aliphatic carbocycles. The molecule has 0 spiro atoms. The predicted molar refractivity (Wildman–Crippen MR) is 217 cm³/mol. The Balaban J connectivity index is 0.000000361. The smallest absolute Gasteiger partial charge is 0.162 e. The van der Waals surface area contributed by atoms with Crippen molar-refractivity contribution in [2.45, 2.75) is 107 Å². The minimum atomic E-state index is -1.31. The summed E-state index contributed by atoms with van der Waals surface area (Å²) in [6.07, 6.45) is 6.86. The van der Waals surface area contributed by atoms with E-state index in [0.717, 1.165) is 36.9 Å². The number of aryl methyl sites for hydroxylation is 2. The van der Waals surface area contributed by atoms with E-state index in [4.69, 9.17) is 4.98 Å². The summed E-state index contributed by atoms with van der Waals surface area (Å²) in [4.78, 5) is 17.9. The van der Waals surface area contributed by atoms with E-state index in [1.54, 1.807) is 0 Å². The fraction of sp³-hybridized carbons (Fsp3) is 0.409. The van der Waals surface area contributed by atoms with Crippen molar-refractivity contribution < 1.29 is 30.0 Å². The molecule has 0 bridgehead atoms. The number of aliphatic hydroxyl groups is 1. The van der Waals surface area contributed by atoms with Gasteiger partial charge in [0.05, 0.1) is 13.8 Å². The van der Waals surface area contributed by atoms with E-state index in [0.29, 0.717) is 5.92 Å². The molecule has 0 amide bonds. The third kappa shape index (κ3) is 9.50.